The lowest BCUT2D eigenvalue weighted by atomic mass is 9.75. The molecule has 0 N–H and O–H groups in total. The van der Waals surface area contributed by atoms with E-state index in [2.05, 4.69) is 27.7 Å². The molecule has 2 aliphatic heterocycles. The van der Waals surface area contributed by atoms with Gasteiger partial charge in [0.25, 0.3) is 0 Å². The van der Waals surface area contributed by atoms with Gasteiger partial charge in [0.2, 0.25) is 11.8 Å². The second-order valence-electron chi connectivity index (χ2n) is 12.0. The smallest absolute Gasteiger partial charge is 0.327 e. The zero-order chi connectivity index (χ0) is 29.8. The third kappa shape index (κ3) is 8.92. The van der Waals surface area contributed by atoms with Crippen molar-refractivity contribution in [1.82, 2.24) is 19.6 Å². The van der Waals surface area contributed by atoms with Crippen LogP contribution < -0.4 is 0 Å². The van der Waals surface area contributed by atoms with Crippen molar-refractivity contribution in [2.75, 3.05) is 53.0 Å². The number of carbonyl (C=O) groups excluding carboxylic acids is 4. The number of hydrogen-bond donors (Lipinski definition) is 0. The fourth-order valence-electron chi connectivity index (χ4n) is 6.32. The molecule has 2 aliphatic rings. The van der Waals surface area contributed by atoms with Crippen molar-refractivity contribution in [2.45, 2.75) is 112 Å². The zero-order valence-electron chi connectivity index (χ0n) is 26.3. The van der Waals surface area contributed by atoms with Crippen LogP contribution in [-0.4, -0.2) is 96.5 Å². The highest BCUT2D eigenvalue weighted by atomic mass is 16.5. The molecule has 2 rings (SSSR count). The predicted octanol–water partition coefficient (Wildman–Crippen LogP) is 5.91. The molecule has 0 aliphatic carbocycles. The first-order chi connectivity index (χ1) is 19.1. The lowest BCUT2D eigenvalue weighted by molar-refractivity contribution is -0.126. The van der Waals surface area contributed by atoms with E-state index in [1.807, 2.05) is 6.92 Å². The molecular weight excluding hydrogens is 508 g/mol. The maximum atomic E-state index is 12.4. The minimum Gasteiger partial charge on any atom is -0.381 e. The minimum absolute atomic E-state index is 0.0684. The average Bonchev–Trinajstić information content (AvgIpc) is 3.38. The Morgan fingerprint density at radius 3 is 1.45 bits per heavy atom. The van der Waals surface area contributed by atoms with Crippen LogP contribution in [-0.2, 0) is 14.3 Å². The van der Waals surface area contributed by atoms with Crippen LogP contribution in [0.1, 0.15) is 112 Å². The summed E-state index contributed by atoms with van der Waals surface area (Å²) in [5.41, 5.74) is 0.314. The van der Waals surface area contributed by atoms with Gasteiger partial charge in [0.15, 0.2) is 0 Å². The molecule has 230 valence electrons. The normalized spacial score (nSPS) is 16.9. The molecule has 2 heterocycles. The number of carbonyl (C=O) groups is 4. The van der Waals surface area contributed by atoms with Crippen molar-refractivity contribution in [1.29, 1.82) is 0 Å². The summed E-state index contributed by atoms with van der Waals surface area (Å²) >= 11 is 0. The molecule has 6 amide bonds. The first-order valence-electron chi connectivity index (χ1n) is 15.8. The Bertz CT molecular complexity index is 840. The summed E-state index contributed by atoms with van der Waals surface area (Å²) in [5, 5.41) is 0. The summed E-state index contributed by atoms with van der Waals surface area (Å²) < 4.78 is 5.97. The van der Waals surface area contributed by atoms with Crippen LogP contribution in [0.3, 0.4) is 0 Å². The quantitative estimate of drug-likeness (QED) is 0.128. The van der Waals surface area contributed by atoms with E-state index < -0.39 is 0 Å². The topological polar surface area (TPSA) is 90.5 Å². The summed E-state index contributed by atoms with van der Waals surface area (Å²) in [7, 11) is 1.68. The lowest BCUT2D eigenvalue weighted by Gasteiger charge is -2.33. The number of rotatable bonds is 21. The van der Waals surface area contributed by atoms with Crippen LogP contribution in [0.4, 0.5) is 9.59 Å². The largest absolute Gasteiger partial charge is 0.381 e. The van der Waals surface area contributed by atoms with Gasteiger partial charge in [0, 0.05) is 39.9 Å². The Labute approximate surface area is 242 Å². The molecule has 2 saturated heterocycles. The first-order valence-corrected chi connectivity index (χ1v) is 15.8. The Morgan fingerprint density at radius 1 is 0.625 bits per heavy atom. The highest BCUT2D eigenvalue weighted by molar-refractivity contribution is 6.02. The van der Waals surface area contributed by atoms with Gasteiger partial charge in [-0.1, -0.05) is 66.2 Å². The zero-order valence-corrected chi connectivity index (χ0v) is 26.3. The fraction of sp³-hybridized carbons (Fsp3) is 0.871. The van der Waals surface area contributed by atoms with Gasteiger partial charge < -0.3 is 14.5 Å². The molecule has 0 aromatic carbocycles. The standard InChI is InChI=1S/C31H56N4O5/c1-7-30(8-2,18-20-34-26(36)24-32(6)28(34)38)16-12-14-22-40-23-15-13-17-31(9-3,10-4)19-21-35-27(37)25-33(11-5)29(35)39/h7-25H2,1-6H3. The molecule has 40 heavy (non-hydrogen) atoms. The molecule has 0 aromatic heterocycles. The van der Waals surface area contributed by atoms with Crippen molar-refractivity contribution in [3.05, 3.63) is 0 Å². The number of amides is 6. The fourth-order valence-corrected chi connectivity index (χ4v) is 6.32. The monoisotopic (exact) mass is 564 g/mol. The lowest BCUT2D eigenvalue weighted by Crippen LogP contribution is -2.36. The van der Waals surface area contributed by atoms with Gasteiger partial charge in [-0.25, -0.2) is 9.59 Å². The van der Waals surface area contributed by atoms with E-state index in [1.165, 1.54) is 14.7 Å². The number of likely N-dealkylation sites (N-methyl/N-ethyl adjacent to an activating group) is 2. The summed E-state index contributed by atoms with van der Waals surface area (Å²) in [6, 6.07) is -0.309. The van der Waals surface area contributed by atoms with E-state index in [1.54, 1.807) is 11.9 Å². The molecule has 0 atom stereocenters. The molecular formula is C31H56N4O5. The highest BCUT2D eigenvalue weighted by Crippen LogP contribution is 2.38. The minimum atomic E-state index is -0.172. The SMILES string of the molecule is CCN1CC(=O)N(CCC(CC)(CC)CCCCOCCCCC(CC)(CC)CCN2C(=O)CN(C)C2=O)C1=O. The molecule has 0 bridgehead atoms. The third-order valence-corrected chi connectivity index (χ3v) is 9.96. The number of imide groups is 2. The molecule has 9 heteroatoms. The summed E-state index contributed by atoms with van der Waals surface area (Å²) in [6.07, 6.45) is 12.3. The molecule has 0 spiro atoms. The van der Waals surface area contributed by atoms with Crippen molar-refractivity contribution in [2.24, 2.45) is 10.8 Å². The van der Waals surface area contributed by atoms with Crippen LogP contribution in [0.15, 0.2) is 0 Å². The van der Waals surface area contributed by atoms with E-state index in [-0.39, 0.29) is 47.8 Å². The van der Waals surface area contributed by atoms with Gasteiger partial charge in [-0.2, -0.15) is 0 Å². The Balaban J connectivity index is 1.64. The van der Waals surface area contributed by atoms with Crippen molar-refractivity contribution < 1.29 is 23.9 Å². The van der Waals surface area contributed by atoms with Gasteiger partial charge in [0.05, 0.1) is 0 Å². The number of ether oxygens (including phenoxy) is 1. The molecule has 0 saturated carbocycles. The Hall–Kier alpha value is -2.16. The van der Waals surface area contributed by atoms with E-state index in [9.17, 15) is 19.2 Å². The van der Waals surface area contributed by atoms with Gasteiger partial charge in [-0.3, -0.25) is 19.4 Å². The number of unbranched alkanes of at least 4 members (excludes halogenated alkanes) is 2. The predicted molar refractivity (Wildman–Crippen MR) is 158 cm³/mol. The van der Waals surface area contributed by atoms with E-state index >= 15 is 0 Å². The van der Waals surface area contributed by atoms with Gasteiger partial charge >= 0.3 is 12.1 Å². The molecule has 0 aromatic rings. The summed E-state index contributed by atoms with van der Waals surface area (Å²) in [6.45, 7) is 14.3. The third-order valence-electron chi connectivity index (χ3n) is 9.96. The van der Waals surface area contributed by atoms with E-state index in [4.69, 9.17) is 4.74 Å². The average molecular weight is 565 g/mol. The number of urea groups is 2. The number of hydrogen-bond acceptors (Lipinski definition) is 5. The van der Waals surface area contributed by atoms with E-state index in [0.29, 0.717) is 19.6 Å². The molecule has 2 fully saturated rings. The maximum absolute atomic E-state index is 12.4. The summed E-state index contributed by atoms with van der Waals surface area (Å²) in [5.74, 6) is -0.154. The first kappa shape index (κ1) is 34.0. The van der Waals surface area contributed by atoms with Crippen LogP contribution in [0.5, 0.6) is 0 Å². The summed E-state index contributed by atoms with van der Waals surface area (Å²) in [4.78, 5) is 55.1. The second kappa shape index (κ2) is 16.3. The van der Waals surface area contributed by atoms with Crippen LogP contribution >= 0.6 is 0 Å². The van der Waals surface area contributed by atoms with Crippen molar-refractivity contribution >= 4 is 23.9 Å². The maximum Gasteiger partial charge on any atom is 0.327 e. The highest BCUT2D eigenvalue weighted by Gasteiger charge is 2.37. The Kier molecular flexibility index (Phi) is 13.9. The Morgan fingerprint density at radius 2 is 1.07 bits per heavy atom. The molecule has 0 unspecified atom stereocenters. The van der Waals surface area contributed by atoms with E-state index in [0.717, 1.165) is 90.3 Å². The van der Waals surface area contributed by atoms with Gasteiger partial charge in [0.1, 0.15) is 13.1 Å². The van der Waals surface area contributed by atoms with Crippen molar-refractivity contribution in [3.63, 3.8) is 0 Å². The van der Waals surface area contributed by atoms with Crippen LogP contribution in [0, 0.1) is 10.8 Å². The van der Waals surface area contributed by atoms with Gasteiger partial charge in [-0.05, 0) is 56.3 Å². The number of nitrogens with zero attached hydrogens (tertiary/aromatic N) is 4. The molecule has 0 radical (unpaired) electrons. The van der Waals surface area contributed by atoms with Crippen LogP contribution in [0.2, 0.25) is 0 Å². The molecule has 9 nitrogen and oxygen atoms in total. The van der Waals surface area contributed by atoms with Gasteiger partial charge in [-0.15, -0.1) is 0 Å². The van der Waals surface area contributed by atoms with Crippen molar-refractivity contribution in [3.8, 4) is 0 Å². The second-order valence-corrected chi connectivity index (χ2v) is 12.0. The van der Waals surface area contributed by atoms with Crippen LogP contribution in [0.25, 0.3) is 0 Å².